The number of ether oxygens (including phenoxy) is 1. The van der Waals surface area contributed by atoms with Gasteiger partial charge in [0.05, 0.1) is 17.9 Å². The standard InChI is InChI=1S/C16H14INO3/c1-2-21-16(20)12-8-9-14(13(17)10-12)18-15(19)11-6-4-3-5-7-11/h3-10H,2H2,1H3,(H,18,19). The van der Waals surface area contributed by atoms with Crippen molar-refractivity contribution in [3.8, 4) is 0 Å². The first-order valence-corrected chi connectivity index (χ1v) is 7.52. The number of nitrogens with one attached hydrogen (secondary N) is 1. The highest BCUT2D eigenvalue weighted by Crippen LogP contribution is 2.21. The van der Waals surface area contributed by atoms with Crippen LogP contribution in [0.4, 0.5) is 5.69 Å². The van der Waals surface area contributed by atoms with Gasteiger partial charge in [-0.2, -0.15) is 0 Å². The van der Waals surface area contributed by atoms with E-state index >= 15 is 0 Å². The Balaban J connectivity index is 2.15. The molecule has 0 atom stereocenters. The minimum Gasteiger partial charge on any atom is -0.462 e. The molecule has 2 aromatic carbocycles. The zero-order valence-electron chi connectivity index (χ0n) is 11.4. The van der Waals surface area contributed by atoms with Gasteiger partial charge in [0.2, 0.25) is 0 Å². The second kappa shape index (κ2) is 7.21. The predicted molar refractivity (Wildman–Crippen MR) is 89.5 cm³/mol. The van der Waals surface area contributed by atoms with Crippen molar-refractivity contribution in [2.45, 2.75) is 6.92 Å². The van der Waals surface area contributed by atoms with Crippen molar-refractivity contribution in [1.82, 2.24) is 0 Å². The number of carbonyl (C=O) groups excluding carboxylic acids is 2. The van der Waals surface area contributed by atoms with Crippen molar-refractivity contribution < 1.29 is 14.3 Å². The van der Waals surface area contributed by atoms with Crippen LogP contribution in [0.15, 0.2) is 48.5 Å². The molecule has 0 aromatic heterocycles. The van der Waals surface area contributed by atoms with Gasteiger partial charge < -0.3 is 10.1 Å². The maximum atomic E-state index is 12.1. The van der Waals surface area contributed by atoms with Gasteiger partial charge in [0.25, 0.3) is 5.91 Å². The summed E-state index contributed by atoms with van der Waals surface area (Å²) in [4.78, 5) is 23.7. The fraction of sp³-hybridized carbons (Fsp3) is 0.125. The van der Waals surface area contributed by atoms with Crippen LogP contribution in [-0.4, -0.2) is 18.5 Å². The molecule has 4 nitrogen and oxygen atoms in total. The van der Waals surface area contributed by atoms with Crippen LogP contribution >= 0.6 is 22.6 Å². The SMILES string of the molecule is CCOC(=O)c1ccc(NC(=O)c2ccccc2)c(I)c1. The molecule has 0 fully saturated rings. The molecule has 2 aromatic rings. The normalized spacial score (nSPS) is 10.0. The summed E-state index contributed by atoms with van der Waals surface area (Å²) in [7, 11) is 0. The van der Waals surface area contributed by atoms with E-state index in [0.29, 0.717) is 23.4 Å². The second-order valence-electron chi connectivity index (χ2n) is 4.24. The van der Waals surface area contributed by atoms with Crippen molar-refractivity contribution in [2.75, 3.05) is 11.9 Å². The molecule has 0 bridgehead atoms. The summed E-state index contributed by atoms with van der Waals surface area (Å²) in [5, 5.41) is 2.83. The Kier molecular flexibility index (Phi) is 5.32. The van der Waals surface area contributed by atoms with Gasteiger partial charge in [0.1, 0.15) is 0 Å². The molecule has 0 saturated heterocycles. The van der Waals surface area contributed by atoms with Crippen molar-refractivity contribution in [3.63, 3.8) is 0 Å². The average Bonchev–Trinajstić information content (AvgIpc) is 2.50. The molecule has 1 N–H and O–H groups in total. The number of hydrogen-bond donors (Lipinski definition) is 1. The van der Waals surface area contributed by atoms with Gasteiger partial charge in [-0.1, -0.05) is 18.2 Å². The van der Waals surface area contributed by atoms with E-state index in [1.807, 2.05) is 18.2 Å². The first kappa shape index (κ1) is 15.5. The van der Waals surface area contributed by atoms with E-state index in [1.165, 1.54) is 0 Å². The van der Waals surface area contributed by atoms with Gasteiger partial charge in [-0.05, 0) is 59.8 Å². The fourth-order valence-corrected chi connectivity index (χ4v) is 2.39. The highest BCUT2D eigenvalue weighted by Gasteiger charge is 2.11. The molecule has 0 radical (unpaired) electrons. The molecule has 0 unspecified atom stereocenters. The molecule has 0 aliphatic rings. The lowest BCUT2D eigenvalue weighted by molar-refractivity contribution is 0.0526. The Bertz CT molecular complexity index is 656. The molecule has 0 heterocycles. The predicted octanol–water partition coefficient (Wildman–Crippen LogP) is 3.72. The van der Waals surface area contributed by atoms with Crippen LogP contribution in [0.3, 0.4) is 0 Å². The summed E-state index contributed by atoms with van der Waals surface area (Å²) in [5.41, 5.74) is 1.72. The van der Waals surface area contributed by atoms with Crippen molar-refractivity contribution in [1.29, 1.82) is 0 Å². The number of rotatable bonds is 4. The van der Waals surface area contributed by atoms with Gasteiger partial charge in [-0.25, -0.2) is 4.79 Å². The van der Waals surface area contributed by atoms with E-state index in [4.69, 9.17) is 4.74 Å². The Morgan fingerprint density at radius 3 is 2.43 bits per heavy atom. The molecule has 0 aliphatic carbocycles. The Morgan fingerprint density at radius 1 is 1.10 bits per heavy atom. The molecule has 108 valence electrons. The first-order valence-electron chi connectivity index (χ1n) is 6.45. The van der Waals surface area contributed by atoms with Crippen LogP contribution in [0.5, 0.6) is 0 Å². The van der Waals surface area contributed by atoms with Gasteiger partial charge in [0, 0.05) is 9.13 Å². The zero-order chi connectivity index (χ0) is 15.2. The van der Waals surface area contributed by atoms with Crippen LogP contribution in [-0.2, 0) is 4.74 Å². The molecule has 0 spiro atoms. The lowest BCUT2D eigenvalue weighted by Crippen LogP contribution is -2.13. The third kappa shape index (κ3) is 4.04. The van der Waals surface area contributed by atoms with E-state index in [9.17, 15) is 9.59 Å². The lowest BCUT2D eigenvalue weighted by Gasteiger charge is -2.09. The zero-order valence-corrected chi connectivity index (χ0v) is 13.6. The first-order chi connectivity index (χ1) is 10.1. The number of carbonyl (C=O) groups is 2. The monoisotopic (exact) mass is 395 g/mol. The van der Waals surface area contributed by atoms with E-state index < -0.39 is 0 Å². The van der Waals surface area contributed by atoms with E-state index in [-0.39, 0.29) is 11.9 Å². The highest BCUT2D eigenvalue weighted by molar-refractivity contribution is 14.1. The Morgan fingerprint density at radius 2 is 1.81 bits per heavy atom. The quantitative estimate of drug-likeness (QED) is 0.634. The number of benzene rings is 2. The van der Waals surface area contributed by atoms with Crippen LogP contribution in [0.1, 0.15) is 27.6 Å². The summed E-state index contributed by atoms with van der Waals surface area (Å²) in [5.74, 6) is -0.547. The lowest BCUT2D eigenvalue weighted by atomic mass is 10.2. The summed E-state index contributed by atoms with van der Waals surface area (Å²) >= 11 is 2.08. The van der Waals surface area contributed by atoms with Crippen LogP contribution in [0, 0.1) is 3.57 Å². The maximum Gasteiger partial charge on any atom is 0.338 e. The topological polar surface area (TPSA) is 55.4 Å². The summed E-state index contributed by atoms with van der Waals surface area (Å²) in [6.45, 7) is 2.10. The summed E-state index contributed by atoms with van der Waals surface area (Å²) < 4.78 is 5.72. The third-order valence-corrected chi connectivity index (χ3v) is 3.66. The van der Waals surface area contributed by atoms with Gasteiger partial charge in [0.15, 0.2) is 0 Å². The Hall–Kier alpha value is -1.89. The molecule has 5 heteroatoms. The van der Waals surface area contributed by atoms with Crippen molar-refractivity contribution in [2.24, 2.45) is 0 Å². The molecule has 0 aliphatic heterocycles. The van der Waals surface area contributed by atoms with Crippen LogP contribution < -0.4 is 5.32 Å². The smallest absolute Gasteiger partial charge is 0.338 e. The number of esters is 1. The van der Waals surface area contributed by atoms with E-state index in [2.05, 4.69) is 27.9 Å². The Labute approximate surface area is 136 Å². The molecule has 0 saturated carbocycles. The second-order valence-corrected chi connectivity index (χ2v) is 5.40. The molecule has 2 rings (SSSR count). The maximum absolute atomic E-state index is 12.1. The average molecular weight is 395 g/mol. The highest BCUT2D eigenvalue weighted by atomic mass is 127. The molecule has 1 amide bonds. The number of hydrogen-bond acceptors (Lipinski definition) is 3. The molecule has 21 heavy (non-hydrogen) atoms. The van der Waals surface area contributed by atoms with Gasteiger partial charge in [-0.15, -0.1) is 0 Å². The number of halogens is 1. The minimum absolute atomic E-state index is 0.183. The van der Waals surface area contributed by atoms with Crippen molar-refractivity contribution in [3.05, 3.63) is 63.2 Å². The van der Waals surface area contributed by atoms with Crippen LogP contribution in [0.25, 0.3) is 0 Å². The van der Waals surface area contributed by atoms with Gasteiger partial charge in [-0.3, -0.25) is 4.79 Å². The molecular weight excluding hydrogens is 381 g/mol. The summed E-state index contributed by atoms with van der Waals surface area (Å²) in [6, 6.07) is 14.0. The van der Waals surface area contributed by atoms with Crippen molar-refractivity contribution >= 4 is 40.2 Å². The summed E-state index contributed by atoms with van der Waals surface area (Å²) in [6.07, 6.45) is 0. The van der Waals surface area contributed by atoms with Crippen LogP contribution in [0.2, 0.25) is 0 Å². The molecular formula is C16H14INO3. The fourth-order valence-electron chi connectivity index (χ4n) is 1.74. The van der Waals surface area contributed by atoms with Gasteiger partial charge >= 0.3 is 5.97 Å². The van der Waals surface area contributed by atoms with E-state index in [1.54, 1.807) is 37.3 Å². The minimum atomic E-state index is -0.364. The van der Waals surface area contributed by atoms with E-state index in [0.717, 1.165) is 3.57 Å². The number of amides is 1. The largest absolute Gasteiger partial charge is 0.462 e. The third-order valence-electron chi connectivity index (χ3n) is 2.76. The number of anilines is 1.